The Morgan fingerprint density at radius 2 is 1.85 bits per heavy atom. The molecule has 0 saturated carbocycles. The topological polar surface area (TPSA) is 32.9 Å². The molecule has 0 fully saturated rings. The molecule has 1 aromatic heterocycles. The molecule has 0 unspecified atom stereocenters. The van der Waals surface area contributed by atoms with E-state index in [0.29, 0.717) is 11.4 Å². The fourth-order valence-electron chi connectivity index (χ4n) is 2.52. The van der Waals surface area contributed by atoms with Crippen LogP contribution in [0.3, 0.4) is 0 Å². The van der Waals surface area contributed by atoms with Crippen LogP contribution in [0.2, 0.25) is 5.02 Å². The molecule has 0 aliphatic carbocycles. The van der Waals surface area contributed by atoms with Crippen LogP contribution >= 0.6 is 11.6 Å². The molecule has 3 rings (SSSR count). The molecule has 0 saturated heterocycles. The molecular formula is C17H14ClNO. The Hall–Kier alpha value is -2.06. The molecule has 0 aliphatic rings. The molecule has 1 heterocycles. The summed E-state index contributed by atoms with van der Waals surface area (Å²) in [6.45, 7) is 0. The van der Waals surface area contributed by atoms with E-state index in [9.17, 15) is 4.79 Å². The molecule has 0 spiro atoms. The van der Waals surface area contributed by atoms with Crippen LogP contribution in [0.5, 0.6) is 0 Å². The summed E-state index contributed by atoms with van der Waals surface area (Å²) < 4.78 is 0. The van der Waals surface area contributed by atoms with Gasteiger partial charge in [0, 0.05) is 28.6 Å². The predicted molar refractivity (Wildman–Crippen MR) is 82.3 cm³/mol. The number of aromatic amines is 1. The fraction of sp³-hybridized carbons (Fsp3) is 0.118. The number of carbonyl (C=O) groups excluding carboxylic acids is 1. The summed E-state index contributed by atoms with van der Waals surface area (Å²) in [5, 5.41) is 1.86. The highest BCUT2D eigenvalue weighted by Crippen LogP contribution is 2.30. The van der Waals surface area contributed by atoms with Crippen molar-refractivity contribution in [3.63, 3.8) is 0 Å². The van der Waals surface area contributed by atoms with Crippen molar-refractivity contribution in [1.82, 2.24) is 4.98 Å². The van der Waals surface area contributed by atoms with Gasteiger partial charge in [0.15, 0.2) is 0 Å². The van der Waals surface area contributed by atoms with Crippen molar-refractivity contribution < 1.29 is 4.79 Å². The lowest BCUT2D eigenvalue weighted by Gasteiger charge is -2.13. The molecule has 2 aromatic carbocycles. The largest absolute Gasteiger partial charge is 0.358 e. The van der Waals surface area contributed by atoms with Crippen molar-refractivity contribution in [1.29, 1.82) is 0 Å². The molecule has 20 heavy (non-hydrogen) atoms. The minimum Gasteiger partial charge on any atom is -0.358 e. The number of rotatable bonds is 4. The van der Waals surface area contributed by atoms with Crippen LogP contribution in [0, 0.1) is 0 Å². The summed E-state index contributed by atoms with van der Waals surface area (Å²) >= 11 is 5.93. The van der Waals surface area contributed by atoms with Crippen LogP contribution in [-0.2, 0) is 4.79 Å². The fourth-order valence-corrected chi connectivity index (χ4v) is 2.64. The van der Waals surface area contributed by atoms with Crippen LogP contribution in [0.1, 0.15) is 23.6 Å². The molecule has 1 N–H and O–H groups in total. The smallest absolute Gasteiger partial charge is 0.120 e. The van der Waals surface area contributed by atoms with Gasteiger partial charge in [0.05, 0.1) is 0 Å². The zero-order valence-corrected chi connectivity index (χ0v) is 11.6. The number of aromatic nitrogens is 1. The maximum atomic E-state index is 11.0. The number of aldehydes is 1. The SMILES string of the molecule is O=CC[C@@H](c1ccc(Cl)cc1)c1cc2ccccc2[nH]1. The Bertz CT molecular complexity index is 697. The van der Waals surface area contributed by atoms with E-state index >= 15 is 0 Å². The normalized spacial score (nSPS) is 12.4. The molecule has 1 atom stereocenters. The van der Waals surface area contributed by atoms with Crippen LogP contribution < -0.4 is 0 Å². The van der Waals surface area contributed by atoms with E-state index in [1.807, 2.05) is 42.5 Å². The van der Waals surface area contributed by atoms with Crippen LogP contribution in [0.4, 0.5) is 0 Å². The van der Waals surface area contributed by atoms with Gasteiger partial charge in [0.25, 0.3) is 0 Å². The zero-order chi connectivity index (χ0) is 13.9. The number of hydrogen-bond donors (Lipinski definition) is 1. The van der Waals surface area contributed by atoms with Gasteiger partial charge in [-0.15, -0.1) is 0 Å². The van der Waals surface area contributed by atoms with E-state index in [1.165, 1.54) is 0 Å². The number of carbonyl (C=O) groups is 1. The molecule has 2 nitrogen and oxygen atoms in total. The minimum atomic E-state index is 0.0390. The Morgan fingerprint density at radius 3 is 2.55 bits per heavy atom. The Balaban J connectivity index is 2.05. The average molecular weight is 284 g/mol. The van der Waals surface area contributed by atoms with Crippen molar-refractivity contribution in [2.45, 2.75) is 12.3 Å². The monoisotopic (exact) mass is 283 g/mol. The Kier molecular flexibility index (Phi) is 3.57. The quantitative estimate of drug-likeness (QED) is 0.701. The number of halogens is 1. The van der Waals surface area contributed by atoms with Gasteiger partial charge in [-0.3, -0.25) is 0 Å². The lowest BCUT2D eigenvalue weighted by molar-refractivity contribution is -0.108. The van der Waals surface area contributed by atoms with E-state index in [0.717, 1.165) is 28.4 Å². The first kappa shape index (κ1) is 12.9. The number of nitrogens with one attached hydrogen (secondary N) is 1. The maximum Gasteiger partial charge on any atom is 0.120 e. The Labute approximate surface area is 122 Å². The highest BCUT2D eigenvalue weighted by molar-refractivity contribution is 6.30. The Morgan fingerprint density at radius 1 is 1.10 bits per heavy atom. The number of benzene rings is 2. The summed E-state index contributed by atoms with van der Waals surface area (Å²) in [6, 6.07) is 17.9. The summed E-state index contributed by atoms with van der Waals surface area (Å²) in [7, 11) is 0. The lowest BCUT2D eigenvalue weighted by atomic mass is 9.93. The van der Waals surface area contributed by atoms with E-state index in [2.05, 4.69) is 17.1 Å². The third kappa shape index (κ3) is 2.47. The second-order valence-electron chi connectivity index (χ2n) is 4.82. The van der Waals surface area contributed by atoms with Gasteiger partial charge < -0.3 is 9.78 Å². The third-order valence-corrected chi connectivity index (χ3v) is 3.78. The second kappa shape index (κ2) is 5.51. The van der Waals surface area contributed by atoms with E-state index < -0.39 is 0 Å². The van der Waals surface area contributed by atoms with Crippen LogP contribution in [0.25, 0.3) is 10.9 Å². The van der Waals surface area contributed by atoms with Gasteiger partial charge in [0.2, 0.25) is 0 Å². The first-order valence-corrected chi connectivity index (χ1v) is 6.92. The summed E-state index contributed by atoms with van der Waals surface area (Å²) in [5.41, 5.74) is 3.24. The van der Waals surface area contributed by atoms with Crippen LogP contribution in [0.15, 0.2) is 54.6 Å². The second-order valence-corrected chi connectivity index (χ2v) is 5.25. The molecule has 0 radical (unpaired) electrons. The van der Waals surface area contributed by atoms with E-state index in [1.54, 1.807) is 0 Å². The molecule has 0 aliphatic heterocycles. The van der Waals surface area contributed by atoms with E-state index in [4.69, 9.17) is 11.6 Å². The summed E-state index contributed by atoms with van der Waals surface area (Å²) in [4.78, 5) is 14.4. The zero-order valence-electron chi connectivity index (χ0n) is 10.8. The van der Waals surface area contributed by atoms with Gasteiger partial charge >= 0.3 is 0 Å². The number of para-hydroxylation sites is 1. The molecule has 0 amide bonds. The summed E-state index contributed by atoms with van der Waals surface area (Å²) in [6.07, 6.45) is 1.42. The number of fused-ring (bicyclic) bond motifs is 1. The third-order valence-electron chi connectivity index (χ3n) is 3.53. The van der Waals surface area contributed by atoms with Crippen LogP contribution in [-0.4, -0.2) is 11.3 Å². The molecule has 3 heteroatoms. The predicted octanol–water partition coefficient (Wildman–Crippen LogP) is 4.54. The summed E-state index contributed by atoms with van der Waals surface area (Å²) in [5.74, 6) is 0.0390. The standard InChI is InChI=1S/C17H14ClNO/c18-14-7-5-12(6-8-14)15(9-10-20)17-11-13-3-1-2-4-16(13)19-17/h1-8,10-11,15,19H,9H2/t15-/m0/s1. The van der Waals surface area contributed by atoms with Gasteiger partial charge in [-0.25, -0.2) is 0 Å². The van der Waals surface area contributed by atoms with Gasteiger partial charge in [0.1, 0.15) is 6.29 Å². The van der Waals surface area contributed by atoms with Crippen molar-refractivity contribution in [2.75, 3.05) is 0 Å². The first-order valence-electron chi connectivity index (χ1n) is 6.54. The molecule has 100 valence electrons. The number of H-pyrrole nitrogens is 1. The van der Waals surface area contributed by atoms with Crippen molar-refractivity contribution in [3.05, 3.63) is 70.9 Å². The molecule has 3 aromatic rings. The van der Waals surface area contributed by atoms with E-state index in [-0.39, 0.29) is 5.92 Å². The minimum absolute atomic E-state index is 0.0390. The first-order chi connectivity index (χ1) is 9.78. The maximum absolute atomic E-state index is 11.0. The van der Waals surface area contributed by atoms with Crippen molar-refractivity contribution in [3.8, 4) is 0 Å². The van der Waals surface area contributed by atoms with Gasteiger partial charge in [-0.2, -0.15) is 0 Å². The lowest BCUT2D eigenvalue weighted by Crippen LogP contribution is -2.02. The van der Waals surface area contributed by atoms with Crippen molar-refractivity contribution in [2.24, 2.45) is 0 Å². The average Bonchev–Trinajstić information content (AvgIpc) is 2.89. The van der Waals surface area contributed by atoms with Gasteiger partial charge in [-0.1, -0.05) is 41.9 Å². The molecule has 0 bridgehead atoms. The highest BCUT2D eigenvalue weighted by Gasteiger charge is 2.16. The van der Waals surface area contributed by atoms with Crippen molar-refractivity contribution >= 4 is 28.8 Å². The number of hydrogen-bond acceptors (Lipinski definition) is 1. The highest BCUT2D eigenvalue weighted by atomic mass is 35.5. The van der Waals surface area contributed by atoms with Gasteiger partial charge in [-0.05, 0) is 35.2 Å². The molecular weight excluding hydrogens is 270 g/mol.